The van der Waals surface area contributed by atoms with Crippen LogP contribution in [0.5, 0.6) is 0 Å². The minimum atomic E-state index is -4.05. The maximum absolute atomic E-state index is 12.3. The van der Waals surface area contributed by atoms with Crippen LogP contribution < -0.4 is 0 Å². The van der Waals surface area contributed by atoms with Crippen molar-refractivity contribution in [3.05, 3.63) is 30.3 Å². The Labute approximate surface area is 111 Å². The molecule has 1 aromatic carbocycles. The number of nitrogens with zero attached hydrogens (tertiary/aromatic N) is 1. The Morgan fingerprint density at radius 1 is 1.26 bits per heavy atom. The van der Waals surface area contributed by atoms with Gasteiger partial charge in [0.2, 0.25) is 5.78 Å². The van der Waals surface area contributed by atoms with E-state index >= 15 is 0 Å². The number of carbonyl (C=O) groups excluding carboxylic acids is 2. The Hall–Kier alpha value is -1.73. The van der Waals surface area contributed by atoms with Gasteiger partial charge in [0.15, 0.2) is 6.23 Å². The zero-order valence-corrected chi connectivity index (χ0v) is 11.1. The van der Waals surface area contributed by atoms with Crippen LogP contribution in [0.1, 0.15) is 13.3 Å². The summed E-state index contributed by atoms with van der Waals surface area (Å²) in [5.74, 6) is -1.79. The van der Waals surface area contributed by atoms with Crippen molar-refractivity contribution >= 4 is 21.7 Å². The second kappa shape index (κ2) is 5.10. The summed E-state index contributed by atoms with van der Waals surface area (Å²) in [6, 6.07) is 7.49. The molecule has 0 spiro atoms. The van der Waals surface area contributed by atoms with Gasteiger partial charge in [-0.15, -0.1) is 0 Å². The van der Waals surface area contributed by atoms with Crippen LogP contribution in [0.3, 0.4) is 0 Å². The first kappa shape index (κ1) is 13.7. The van der Waals surface area contributed by atoms with Gasteiger partial charge in [0.1, 0.15) is 0 Å². The van der Waals surface area contributed by atoms with Crippen LogP contribution in [0.25, 0.3) is 0 Å². The fourth-order valence-electron chi connectivity index (χ4n) is 1.87. The SMILES string of the molecule is CCOC1CC(=O)C(=O)N1S(=O)(=O)c1ccccc1. The van der Waals surface area contributed by atoms with E-state index in [2.05, 4.69) is 0 Å². The van der Waals surface area contributed by atoms with Gasteiger partial charge in [-0.1, -0.05) is 18.2 Å². The van der Waals surface area contributed by atoms with Crippen LogP contribution in [0.4, 0.5) is 0 Å². The molecule has 0 radical (unpaired) electrons. The summed E-state index contributed by atoms with van der Waals surface area (Å²) in [7, 11) is -4.05. The quantitative estimate of drug-likeness (QED) is 0.753. The van der Waals surface area contributed by atoms with E-state index < -0.39 is 27.9 Å². The van der Waals surface area contributed by atoms with E-state index in [0.717, 1.165) is 0 Å². The Bertz CT molecular complexity index is 596. The Morgan fingerprint density at radius 3 is 2.47 bits per heavy atom. The molecule has 102 valence electrons. The molecule has 1 unspecified atom stereocenters. The van der Waals surface area contributed by atoms with Crippen molar-refractivity contribution in [3.63, 3.8) is 0 Å². The van der Waals surface area contributed by atoms with Gasteiger partial charge in [-0.25, -0.2) is 12.7 Å². The zero-order valence-electron chi connectivity index (χ0n) is 10.3. The predicted octanol–water partition coefficient (Wildman–Crippen LogP) is 0.539. The van der Waals surface area contributed by atoms with E-state index in [1.807, 2.05) is 0 Å². The van der Waals surface area contributed by atoms with Crippen molar-refractivity contribution in [2.24, 2.45) is 0 Å². The maximum atomic E-state index is 12.3. The normalized spacial score (nSPS) is 20.1. The maximum Gasteiger partial charge on any atom is 0.306 e. The first-order chi connectivity index (χ1) is 8.98. The highest BCUT2D eigenvalue weighted by Gasteiger charge is 2.46. The Morgan fingerprint density at radius 2 is 1.89 bits per heavy atom. The average Bonchev–Trinajstić information content (AvgIpc) is 2.67. The van der Waals surface area contributed by atoms with E-state index in [0.29, 0.717) is 4.31 Å². The van der Waals surface area contributed by atoms with Crippen LogP contribution in [-0.4, -0.2) is 37.2 Å². The minimum absolute atomic E-state index is 0.0391. The number of rotatable bonds is 4. The highest BCUT2D eigenvalue weighted by atomic mass is 32.2. The molecule has 0 bridgehead atoms. The molecule has 1 aromatic rings. The Kier molecular flexibility index (Phi) is 3.68. The number of hydrogen-bond donors (Lipinski definition) is 0. The topological polar surface area (TPSA) is 80.8 Å². The fourth-order valence-corrected chi connectivity index (χ4v) is 3.36. The van der Waals surface area contributed by atoms with E-state index in [1.54, 1.807) is 25.1 Å². The highest BCUT2D eigenvalue weighted by Crippen LogP contribution is 2.25. The molecule has 1 aliphatic rings. The van der Waals surface area contributed by atoms with E-state index in [4.69, 9.17) is 4.74 Å². The molecular weight excluding hydrogens is 270 g/mol. The largest absolute Gasteiger partial charge is 0.357 e. The van der Waals surface area contributed by atoms with Crippen molar-refractivity contribution in [1.82, 2.24) is 4.31 Å². The molecule has 0 saturated carbocycles. The lowest BCUT2D eigenvalue weighted by Crippen LogP contribution is -2.40. The predicted molar refractivity (Wildman–Crippen MR) is 65.5 cm³/mol. The number of ketones is 1. The average molecular weight is 283 g/mol. The van der Waals surface area contributed by atoms with E-state index in [9.17, 15) is 18.0 Å². The zero-order chi connectivity index (χ0) is 14.0. The molecule has 19 heavy (non-hydrogen) atoms. The smallest absolute Gasteiger partial charge is 0.306 e. The standard InChI is InChI=1S/C12H13NO5S/c1-2-18-11-8-10(14)12(15)13(11)19(16,17)9-6-4-3-5-7-9/h3-7,11H,2,8H2,1H3. The molecule has 0 aromatic heterocycles. The molecule has 1 aliphatic heterocycles. The third-order valence-corrected chi connectivity index (χ3v) is 4.51. The number of benzene rings is 1. The third kappa shape index (κ3) is 2.39. The van der Waals surface area contributed by atoms with Crippen LogP contribution in [0.15, 0.2) is 35.2 Å². The molecule has 2 rings (SSSR count). The molecule has 1 fully saturated rings. The molecule has 1 heterocycles. The van der Waals surface area contributed by atoms with Gasteiger partial charge >= 0.3 is 5.91 Å². The van der Waals surface area contributed by atoms with Crippen molar-refractivity contribution in [1.29, 1.82) is 0 Å². The van der Waals surface area contributed by atoms with Gasteiger partial charge in [-0.05, 0) is 19.1 Å². The van der Waals surface area contributed by atoms with Crippen molar-refractivity contribution in [2.45, 2.75) is 24.5 Å². The number of Topliss-reactive ketones (excluding diaryl/α,β-unsaturated/α-hetero) is 1. The first-order valence-electron chi connectivity index (χ1n) is 5.76. The summed E-state index contributed by atoms with van der Waals surface area (Å²) < 4.78 is 30.4. The van der Waals surface area contributed by atoms with Crippen LogP contribution in [-0.2, 0) is 24.3 Å². The van der Waals surface area contributed by atoms with Gasteiger partial charge < -0.3 is 4.74 Å². The molecule has 0 N–H and O–H groups in total. The van der Waals surface area contributed by atoms with Crippen molar-refractivity contribution < 1.29 is 22.7 Å². The molecule has 1 atom stereocenters. The fraction of sp³-hybridized carbons (Fsp3) is 0.333. The van der Waals surface area contributed by atoms with Gasteiger partial charge in [0, 0.05) is 6.61 Å². The summed E-state index contributed by atoms with van der Waals surface area (Å²) in [6.07, 6.45) is -1.28. The third-order valence-electron chi connectivity index (χ3n) is 2.72. The number of amides is 1. The molecule has 1 amide bonds. The number of sulfonamides is 1. The molecule has 1 saturated heterocycles. The van der Waals surface area contributed by atoms with E-state index in [1.165, 1.54) is 12.1 Å². The van der Waals surface area contributed by atoms with Gasteiger partial charge in [-0.2, -0.15) is 0 Å². The van der Waals surface area contributed by atoms with Crippen molar-refractivity contribution in [3.8, 4) is 0 Å². The lowest BCUT2D eigenvalue weighted by molar-refractivity contribution is -0.138. The molecule has 0 aliphatic carbocycles. The second-order valence-electron chi connectivity index (χ2n) is 3.96. The molecular formula is C12H13NO5S. The minimum Gasteiger partial charge on any atom is -0.357 e. The summed E-state index contributed by atoms with van der Waals surface area (Å²) in [4.78, 5) is 23.1. The summed E-state index contributed by atoms with van der Waals surface area (Å²) in [5.41, 5.74) is 0. The van der Waals surface area contributed by atoms with Crippen LogP contribution >= 0.6 is 0 Å². The molecule has 7 heteroatoms. The molecule has 6 nitrogen and oxygen atoms in total. The van der Waals surface area contributed by atoms with Gasteiger partial charge in [0.05, 0.1) is 11.3 Å². The second-order valence-corrected chi connectivity index (χ2v) is 5.77. The van der Waals surface area contributed by atoms with Crippen molar-refractivity contribution in [2.75, 3.05) is 6.61 Å². The monoisotopic (exact) mass is 283 g/mol. The van der Waals surface area contributed by atoms with Crippen LogP contribution in [0.2, 0.25) is 0 Å². The lowest BCUT2D eigenvalue weighted by atomic mass is 10.3. The lowest BCUT2D eigenvalue weighted by Gasteiger charge is -2.22. The summed E-state index contributed by atoms with van der Waals surface area (Å²) >= 11 is 0. The number of carbonyl (C=O) groups is 2. The number of ether oxygens (including phenoxy) is 1. The highest BCUT2D eigenvalue weighted by molar-refractivity contribution is 7.89. The van der Waals surface area contributed by atoms with Gasteiger partial charge in [-0.3, -0.25) is 9.59 Å². The number of hydrogen-bond acceptors (Lipinski definition) is 5. The van der Waals surface area contributed by atoms with Gasteiger partial charge in [0.25, 0.3) is 10.0 Å². The van der Waals surface area contributed by atoms with E-state index in [-0.39, 0.29) is 17.9 Å². The first-order valence-corrected chi connectivity index (χ1v) is 7.20. The van der Waals surface area contributed by atoms with Crippen LogP contribution in [0, 0.1) is 0 Å². The Balaban J connectivity index is 2.43. The summed E-state index contributed by atoms with van der Waals surface area (Å²) in [5, 5.41) is 0. The summed E-state index contributed by atoms with van der Waals surface area (Å²) in [6.45, 7) is 1.88.